The van der Waals surface area contributed by atoms with Crippen LogP contribution >= 0.6 is 0 Å². The Kier molecular flexibility index (Phi) is 4.67. The van der Waals surface area contributed by atoms with Crippen LogP contribution in [0.2, 0.25) is 0 Å². The molecule has 4 atom stereocenters. The Balaban J connectivity index is 1.33. The summed E-state index contributed by atoms with van der Waals surface area (Å²) in [6.45, 7) is 1.18. The normalized spacial score (nSPS) is 31.4. The second kappa shape index (κ2) is 7.22. The van der Waals surface area contributed by atoms with Gasteiger partial charge in [-0.3, -0.25) is 24.6 Å². The first-order valence-corrected chi connectivity index (χ1v) is 10.7. The van der Waals surface area contributed by atoms with E-state index in [1.807, 2.05) is 18.2 Å². The molecule has 2 unspecified atom stereocenters. The Morgan fingerprint density at radius 3 is 2.59 bits per heavy atom. The first kappa shape index (κ1) is 18.8. The minimum absolute atomic E-state index is 0.0797. The molecule has 5 rings (SSSR count). The number of nitrogens with zero attached hydrogens (tertiary/aromatic N) is 2. The smallest absolute Gasteiger partial charge is 0.255 e. The summed E-state index contributed by atoms with van der Waals surface area (Å²) >= 11 is 0. The maximum Gasteiger partial charge on any atom is 0.255 e. The second-order valence-corrected chi connectivity index (χ2v) is 9.03. The lowest BCUT2D eigenvalue weighted by Gasteiger charge is -2.36. The molecule has 4 aliphatic rings. The molecule has 7 heteroatoms. The number of rotatable bonds is 4. The van der Waals surface area contributed by atoms with Crippen LogP contribution in [0.5, 0.6) is 0 Å². The third-order valence-corrected chi connectivity index (χ3v) is 7.13. The highest BCUT2D eigenvalue weighted by Gasteiger charge is 2.40. The molecule has 4 aliphatic heterocycles. The van der Waals surface area contributed by atoms with Gasteiger partial charge in [0.2, 0.25) is 11.8 Å². The Bertz CT molecular complexity index is 858. The summed E-state index contributed by atoms with van der Waals surface area (Å²) in [5.41, 5.74) is 2.77. The molecule has 1 aromatic rings. The van der Waals surface area contributed by atoms with Gasteiger partial charge in [0, 0.05) is 43.2 Å². The van der Waals surface area contributed by atoms with Gasteiger partial charge in [-0.1, -0.05) is 18.2 Å². The molecule has 29 heavy (non-hydrogen) atoms. The van der Waals surface area contributed by atoms with Gasteiger partial charge < -0.3 is 10.2 Å². The highest BCUT2D eigenvalue weighted by Crippen LogP contribution is 2.33. The molecule has 3 fully saturated rings. The molecular formula is C22H28N4O3. The topological polar surface area (TPSA) is 81.8 Å². The Labute approximate surface area is 170 Å². The fraction of sp³-hybridized carbons (Fsp3) is 0.591. The van der Waals surface area contributed by atoms with E-state index in [1.165, 1.54) is 25.7 Å². The molecule has 3 amide bonds. The third kappa shape index (κ3) is 3.36. The molecule has 0 aromatic heterocycles. The number of benzene rings is 1. The summed E-state index contributed by atoms with van der Waals surface area (Å²) in [4.78, 5) is 41.0. The Hall–Kier alpha value is -2.25. The zero-order valence-corrected chi connectivity index (χ0v) is 16.8. The van der Waals surface area contributed by atoms with Crippen molar-refractivity contribution in [2.24, 2.45) is 0 Å². The first-order valence-electron chi connectivity index (χ1n) is 10.7. The average molecular weight is 396 g/mol. The number of nitrogens with one attached hydrogen (secondary N) is 2. The van der Waals surface area contributed by atoms with E-state index in [1.54, 1.807) is 4.90 Å². The van der Waals surface area contributed by atoms with Crippen LogP contribution in [0.3, 0.4) is 0 Å². The van der Waals surface area contributed by atoms with E-state index in [2.05, 4.69) is 22.6 Å². The van der Waals surface area contributed by atoms with Crippen LogP contribution < -0.4 is 10.6 Å². The standard InChI is InChI=1S/C22H28N4O3/c1-25(17-9-15-5-6-16(10-17)23-15)11-13-3-2-4-14-12-26(22(29)20(13)14)18-7-8-19(27)24-21(18)28/h2-4,15-18,23H,5-12H2,1H3,(H,24,27,28)/t15-,16+,17?,18?. The van der Waals surface area contributed by atoms with Crippen molar-refractivity contribution >= 4 is 17.7 Å². The van der Waals surface area contributed by atoms with Gasteiger partial charge >= 0.3 is 0 Å². The van der Waals surface area contributed by atoms with Gasteiger partial charge in [0.1, 0.15) is 6.04 Å². The van der Waals surface area contributed by atoms with E-state index >= 15 is 0 Å². The summed E-state index contributed by atoms with van der Waals surface area (Å²) < 4.78 is 0. The van der Waals surface area contributed by atoms with Crippen molar-refractivity contribution in [2.75, 3.05) is 7.05 Å². The van der Waals surface area contributed by atoms with E-state index in [0.29, 0.717) is 31.1 Å². The molecule has 0 aliphatic carbocycles. The third-order valence-electron chi connectivity index (χ3n) is 7.13. The average Bonchev–Trinajstić information content (AvgIpc) is 3.21. The molecule has 1 aromatic carbocycles. The summed E-state index contributed by atoms with van der Waals surface area (Å²) in [6, 6.07) is 7.27. The highest BCUT2D eigenvalue weighted by atomic mass is 16.2. The summed E-state index contributed by atoms with van der Waals surface area (Å²) in [5.74, 6) is -0.691. The Morgan fingerprint density at radius 1 is 1.10 bits per heavy atom. The number of piperidine rings is 2. The molecule has 0 radical (unpaired) electrons. The molecule has 0 spiro atoms. The van der Waals surface area contributed by atoms with Crippen molar-refractivity contribution in [3.63, 3.8) is 0 Å². The highest BCUT2D eigenvalue weighted by molar-refractivity contribution is 6.05. The van der Waals surface area contributed by atoms with Crippen LogP contribution in [0.1, 0.15) is 60.0 Å². The maximum absolute atomic E-state index is 13.2. The van der Waals surface area contributed by atoms with Crippen LogP contribution in [0.4, 0.5) is 0 Å². The first-order chi connectivity index (χ1) is 14.0. The number of imide groups is 1. The van der Waals surface area contributed by atoms with Gasteiger partial charge in [-0.15, -0.1) is 0 Å². The summed E-state index contributed by atoms with van der Waals surface area (Å²) in [6.07, 6.45) is 5.56. The molecular weight excluding hydrogens is 368 g/mol. The fourth-order valence-electron chi connectivity index (χ4n) is 5.61. The van der Waals surface area contributed by atoms with Crippen LogP contribution in [-0.2, 0) is 22.7 Å². The van der Waals surface area contributed by atoms with Crippen molar-refractivity contribution in [3.05, 3.63) is 34.9 Å². The number of amides is 3. The van der Waals surface area contributed by atoms with Crippen LogP contribution in [-0.4, -0.2) is 58.7 Å². The van der Waals surface area contributed by atoms with E-state index < -0.39 is 6.04 Å². The van der Waals surface area contributed by atoms with Crippen molar-refractivity contribution in [3.8, 4) is 0 Å². The largest absolute Gasteiger partial charge is 0.322 e. The molecule has 7 nitrogen and oxygen atoms in total. The van der Waals surface area contributed by atoms with E-state index in [0.717, 1.165) is 23.2 Å². The van der Waals surface area contributed by atoms with Crippen LogP contribution in [0, 0.1) is 0 Å². The quantitative estimate of drug-likeness (QED) is 0.747. The molecule has 2 bridgehead atoms. The lowest BCUT2D eigenvalue weighted by molar-refractivity contribution is -0.136. The van der Waals surface area contributed by atoms with Crippen LogP contribution in [0.25, 0.3) is 0 Å². The predicted octanol–water partition coefficient (Wildman–Crippen LogP) is 1.16. The van der Waals surface area contributed by atoms with Crippen molar-refractivity contribution in [1.82, 2.24) is 20.4 Å². The second-order valence-electron chi connectivity index (χ2n) is 9.03. The molecule has 3 saturated heterocycles. The van der Waals surface area contributed by atoms with Gasteiger partial charge in [-0.25, -0.2) is 0 Å². The molecule has 0 saturated carbocycles. The summed E-state index contributed by atoms with van der Waals surface area (Å²) in [5, 5.41) is 6.06. The van der Waals surface area contributed by atoms with E-state index in [9.17, 15) is 14.4 Å². The van der Waals surface area contributed by atoms with E-state index in [-0.39, 0.29) is 24.1 Å². The van der Waals surface area contributed by atoms with Gasteiger partial charge in [0.05, 0.1) is 0 Å². The Morgan fingerprint density at radius 2 is 1.86 bits per heavy atom. The maximum atomic E-state index is 13.2. The van der Waals surface area contributed by atoms with Crippen LogP contribution in [0.15, 0.2) is 18.2 Å². The van der Waals surface area contributed by atoms with Gasteiger partial charge in [0.25, 0.3) is 5.91 Å². The van der Waals surface area contributed by atoms with Gasteiger partial charge in [-0.05, 0) is 50.3 Å². The molecule has 154 valence electrons. The lowest BCUT2D eigenvalue weighted by atomic mass is 9.97. The van der Waals surface area contributed by atoms with E-state index in [4.69, 9.17) is 0 Å². The lowest BCUT2D eigenvalue weighted by Crippen LogP contribution is -2.52. The number of hydrogen-bond acceptors (Lipinski definition) is 5. The van der Waals surface area contributed by atoms with Crippen molar-refractivity contribution in [1.29, 1.82) is 0 Å². The fourth-order valence-corrected chi connectivity index (χ4v) is 5.61. The minimum Gasteiger partial charge on any atom is -0.322 e. The van der Waals surface area contributed by atoms with Gasteiger partial charge in [0.15, 0.2) is 0 Å². The predicted molar refractivity (Wildman–Crippen MR) is 107 cm³/mol. The molecule has 4 heterocycles. The SMILES string of the molecule is CN(Cc1cccc2c1C(=O)N(C1CCC(=O)NC1=O)C2)C1C[C@H]2CC[C@@H](C1)N2. The number of hydrogen-bond donors (Lipinski definition) is 2. The monoisotopic (exact) mass is 396 g/mol. The minimum atomic E-state index is -0.557. The van der Waals surface area contributed by atoms with Crippen molar-refractivity contribution in [2.45, 2.75) is 75.8 Å². The number of carbonyl (C=O) groups excluding carboxylic acids is 3. The zero-order chi connectivity index (χ0) is 20.1. The number of fused-ring (bicyclic) bond motifs is 3. The zero-order valence-electron chi connectivity index (χ0n) is 16.8. The van der Waals surface area contributed by atoms with Crippen molar-refractivity contribution < 1.29 is 14.4 Å². The molecule has 2 N–H and O–H groups in total. The summed E-state index contributed by atoms with van der Waals surface area (Å²) in [7, 11) is 2.16. The number of carbonyl (C=O) groups is 3. The van der Waals surface area contributed by atoms with Gasteiger partial charge in [-0.2, -0.15) is 0 Å².